The van der Waals surface area contributed by atoms with Crippen molar-refractivity contribution in [2.24, 2.45) is 5.73 Å². The number of hydrogen-bond donors (Lipinski definition) is 3. The maximum Gasteiger partial charge on any atom is 0.320 e. The van der Waals surface area contributed by atoms with Gasteiger partial charge in [-0.1, -0.05) is 6.92 Å². The molecule has 0 saturated heterocycles. The number of rotatable bonds is 3. The highest BCUT2D eigenvalue weighted by Gasteiger charge is 2.12. The number of carboxylic acid groups (broad SMARTS) is 1. The van der Waals surface area contributed by atoms with Gasteiger partial charge in [0.25, 0.3) is 0 Å². The molecule has 0 aromatic heterocycles. The summed E-state index contributed by atoms with van der Waals surface area (Å²) in [6.45, 7) is 1.81. The van der Waals surface area contributed by atoms with E-state index in [9.17, 15) is 4.79 Å². The summed E-state index contributed by atoms with van der Waals surface area (Å²) in [4.78, 5) is 10.1. The Labute approximate surface area is 59.6 Å². The van der Waals surface area contributed by atoms with Crippen molar-refractivity contribution in [3.63, 3.8) is 0 Å². The third-order valence-electron chi connectivity index (χ3n) is 0.912. The number of carbonyl (C=O) groups is 1. The smallest absolute Gasteiger partial charge is 0.320 e. The van der Waals surface area contributed by atoms with Crippen LogP contribution in [0.25, 0.3) is 0 Å². The SMILES string of the molecule is C[C@@H](S)C[C@@H](N)C(=O)O. The average Bonchev–Trinajstić information content (AvgIpc) is 1.63. The number of hydrogen-bond acceptors (Lipinski definition) is 3. The number of nitrogens with two attached hydrogens (primary N) is 1. The summed E-state index contributed by atoms with van der Waals surface area (Å²) in [5.41, 5.74) is 5.17. The Morgan fingerprint density at radius 1 is 1.89 bits per heavy atom. The fourth-order valence-corrected chi connectivity index (χ4v) is 0.695. The molecule has 4 heteroatoms. The molecule has 0 spiro atoms. The first-order valence-corrected chi connectivity index (χ1v) is 3.22. The molecule has 0 fully saturated rings. The molecule has 3 N–H and O–H groups in total. The minimum Gasteiger partial charge on any atom is -0.480 e. The lowest BCUT2D eigenvalue weighted by molar-refractivity contribution is -0.138. The van der Waals surface area contributed by atoms with Gasteiger partial charge >= 0.3 is 5.97 Å². The van der Waals surface area contributed by atoms with Gasteiger partial charge in [0.1, 0.15) is 6.04 Å². The van der Waals surface area contributed by atoms with Crippen molar-refractivity contribution in [2.45, 2.75) is 24.6 Å². The molecule has 0 aliphatic heterocycles. The summed E-state index contributed by atoms with van der Waals surface area (Å²) in [6.07, 6.45) is 0.415. The van der Waals surface area contributed by atoms with Gasteiger partial charge in [0, 0.05) is 5.25 Å². The summed E-state index contributed by atoms with van der Waals surface area (Å²) in [6, 6.07) is -0.766. The number of carboxylic acids is 1. The van der Waals surface area contributed by atoms with E-state index in [1.165, 1.54) is 0 Å². The second-order valence-electron chi connectivity index (χ2n) is 2.03. The Balaban J connectivity index is 3.50. The van der Waals surface area contributed by atoms with Crippen LogP contribution in [-0.2, 0) is 4.79 Å². The van der Waals surface area contributed by atoms with E-state index in [2.05, 4.69) is 12.6 Å². The minimum atomic E-state index is -0.962. The summed E-state index contributed by atoms with van der Waals surface area (Å²) >= 11 is 3.99. The molecule has 0 aromatic carbocycles. The lowest BCUT2D eigenvalue weighted by atomic mass is 10.2. The first-order valence-electron chi connectivity index (χ1n) is 2.70. The van der Waals surface area contributed by atoms with Gasteiger partial charge in [-0.15, -0.1) is 0 Å². The lowest BCUT2D eigenvalue weighted by Crippen LogP contribution is -2.31. The molecule has 0 aliphatic rings. The normalized spacial score (nSPS) is 16.8. The molecule has 54 valence electrons. The predicted molar refractivity (Wildman–Crippen MR) is 38.7 cm³/mol. The summed E-state index contributed by atoms with van der Waals surface area (Å²) in [7, 11) is 0. The Morgan fingerprint density at radius 3 is 2.44 bits per heavy atom. The van der Waals surface area contributed by atoms with Gasteiger partial charge in [0.15, 0.2) is 0 Å². The van der Waals surface area contributed by atoms with E-state index < -0.39 is 12.0 Å². The molecule has 0 aliphatic carbocycles. The van der Waals surface area contributed by atoms with Crippen LogP contribution in [0, 0.1) is 0 Å². The van der Waals surface area contributed by atoms with Crippen LogP contribution >= 0.6 is 12.6 Å². The van der Waals surface area contributed by atoms with Crippen LogP contribution in [0.3, 0.4) is 0 Å². The highest BCUT2D eigenvalue weighted by Crippen LogP contribution is 2.01. The van der Waals surface area contributed by atoms with Gasteiger partial charge in [-0.2, -0.15) is 12.6 Å². The third kappa shape index (κ3) is 4.29. The van der Waals surface area contributed by atoms with Crippen molar-refractivity contribution in [1.29, 1.82) is 0 Å². The molecule has 0 heterocycles. The van der Waals surface area contributed by atoms with E-state index in [0.717, 1.165) is 0 Å². The van der Waals surface area contributed by atoms with Gasteiger partial charge in [0.05, 0.1) is 0 Å². The van der Waals surface area contributed by atoms with Crippen LogP contribution in [0.1, 0.15) is 13.3 Å². The van der Waals surface area contributed by atoms with Crippen LogP contribution in [0.4, 0.5) is 0 Å². The minimum absolute atomic E-state index is 0.0519. The lowest BCUT2D eigenvalue weighted by Gasteiger charge is -2.06. The molecular weight excluding hydrogens is 138 g/mol. The zero-order valence-electron chi connectivity index (χ0n) is 5.24. The molecule has 0 aromatic rings. The Hall–Kier alpha value is -0.220. The molecule has 0 unspecified atom stereocenters. The molecule has 0 saturated carbocycles. The standard InChI is InChI=1S/C5H11NO2S/c1-3(9)2-4(6)5(7)8/h3-4,9H,2,6H2,1H3,(H,7,8)/t3-,4-/m1/s1. The Kier molecular flexibility index (Phi) is 3.65. The van der Waals surface area contributed by atoms with Crippen molar-refractivity contribution in [3.8, 4) is 0 Å². The fourth-order valence-electron chi connectivity index (χ4n) is 0.468. The van der Waals surface area contributed by atoms with Gasteiger partial charge in [-0.3, -0.25) is 4.79 Å². The van der Waals surface area contributed by atoms with Crippen molar-refractivity contribution in [2.75, 3.05) is 0 Å². The number of aliphatic carboxylic acids is 1. The highest BCUT2D eigenvalue weighted by molar-refractivity contribution is 7.80. The van der Waals surface area contributed by atoms with E-state index in [1.54, 1.807) is 0 Å². The second-order valence-corrected chi connectivity index (χ2v) is 2.91. The van der Waals surface area contributed by atoms with Crippen LogP contribution in [0.15, 0.2) is 0 Å². The second kappa shape index (κ2) is 3.74. The molecule has 2 atom stereocenters. The summed E-state index contributed by atoms with van der Waals surface area (Å²) in [5.74, 6) is -0.962. The van der Waals surface area contributed by atoms with Gasteiger partial charge in [-0.25, -0.2) is 0 Å². The Bertz CT molecular complexity index is 105. The van der Waals surface area contributed by atoms with Crippen molar-refractivity contribution in [1.82, 2.24) is 0 Å². The maximum absolute atomic E-state index is 10.1. The topological polar surface area (TPSA) is 63.3 Å². The van der Waals surface area contributed by atoms with Gasteiger partial charge < -0.3 is 10.8 Å². The van der Waals surface area contributed by atoms with E-state index in [1.807, 2.05) is 6.92 Å². The van der Waals surface area contributed by atoms with Crippen LogP contribution < -0.4 is 5.73 Å². The molecule has 0 radical (unpaired) electrons. The van der Waals surface area contributed by atoms with Crippen LogP contribution in [0.5, 0.6) is 0 Å². The molecule has 0 rings (SSSR count). The molecule has 3 nitrogen and oxygen atoms in total. The zero-order valence-corrected chi connectivity index (χ0v) is 6.14. The van der Waals surface area contributed by atoms with Gasteiger partial charge in [0.2, 0.25) is 0 Å². The van der Waals surface area contributed by atoms with Crippen LogP contribution in [-0.4, -0.2) is 22.4 Å². The summed E-state index contributed by atoms with van der Waals surface area (Å²) < 4.78 is 0. The van der Waals surface area contributed by atoms with E-state index in [0.29, 0.717) is 6.42 Å². The largest absolute Gasteiger partial charge is 0.480 e. The molecular formula is C5H11NO2S. The quantitative estimate of drug-likeness (QED) is 0.499. The Morgan fingerprint density at radius 2 is 2.33 bits per heavy atom. The van der Waals surface area contributed by atoms with E-state index in [-0.39, 0.29) is 5.25 Å². The van der Waals surface area contributed by atoms with Crippen molar-refractivity contribution in [3.05, 3.63) is 0 Å². The molecule has 0 bridgehead atoms. The van der Waals surface area contributed by atoms with Crippen molar-refractivity contribution < 1.29 is 9.90 Å². The predicted octanol–water partition coefficient (Wildman–Crippen LogP) is 0.107. The van der Waals surface area contributed by atoms with Gasteiger partial charge in [-0.05, 0) is 6.42 Å². The van der Waals surface area contributed by atoms with Crippen molar-refractivity contribution >= 4 is 18.6 Å². The first-order chi connectivity index (χ1) is 4.04. The fraction of sp³-hybridized carbons (Fsp3) is 0.800. The van der Waals surface area contributed by atoms with E-state index in [4.69, 9.17) is 10.8 Å². The number of thiol groups is 1. The van der Waals surface area contributed by atoms with Crippen LogP contribution in [0.2, 0.25) is 0 Å². The van der Waals surface area contributed by atoms with E-state index >= 15 is 0 Å². The first kappa shape index (κ1) is 8.78. The summed E-state index contributed by atoms with van der Waals surface area (Å²) in [5, 5.41) is 8.32. The highest BCUT2D eigenvalue weighted by atomic mass is 32.1. The monoisotopic (exact) mass is 149 g/mol. The molecule has 0 amide bonds. The average molecular weight is 149 g/mol. The third-order valence-corrected chi connectivity index (χ3v) is 1.12. The zero-order chi connectivity index (χ0) is 7.44. The molecule has 9 heavy (non-hydrogen) atoms. The maximum atomic E-state index is 10.1.